The molecule has 2 nitrogen and oxygen atoms in total. The molecule has 0 spiro atoms. The van der Waals surface area contributed by atoms with Gasteiger partial charge in [-0.3, -0.25) is 5.10 Å². The molecule has 0 atom stereocenters. The van der Waals surface area contributed by atoms with E-state index in [9.17, 15) is 0 Å². The summed E-state index contributed by atoms with van der Waals surface area (Å²) in [5.74, 6) is 0. The van der Waals surface area contributed by atoms with Crippen LogP contribution in [0.3, 0.4) is 0 Å². The van der Waals surface area contributed by atoms with E-state index >= 15 is 0 Å². The van der Waals surface area contributed by atoms with Gasteiger partial charge in [-0.15, -0.1) is 11.3 Å². The average Bonchev–Trinajstić information content (AvgIpc) is 2.70. The lowest BCUT2D eigenvalue weighted by Crippen LogP contribution is -1.71. The van der Waals surface area contributed by atoms with Crippen molar-refractivity contribution in [2.24, 2.45) is 0 Å². The Morgan fingerprint density at radius 2 is 2.38 bits per heavy atom. The van der Waals surface area contributed by atoms with Gasteiger partial charge in [0.15, 0.2) is 0 Å². The highest BCUT2D eigenvalue weighted by Gasteiger charge is 2.02. The van der Waals surface area contributed by atoms with Gasteiger partial charge in [-0.1, -0.05) is 13.3 Å². The minimum absolute atomic E-state index is 1.18. The number of H-pyrrole nitrogens is 1. The van der Waals surface area contributed by atoms with Gasteiger partial charge in [0.05, 0.1) is 6.20 Å². The molecule has 13 heavy (non-hydrogen) atoms. The molecule has 0 amide bonds. The lowest BCUT2D eigenvalue weighted by Gasteiger charge is -1.89. The lowest BCUT2D eigenvalue weighted by atomic mass is 10.2. The third-order valence-electron chi connectivity index (χ3n) is 1.94. The molecule has 0 fully saturated rings. The number of rotatable bonds is 3. The third kappa shape index (κ3) is 1.80. The fourth-order valence-corrected chi connectivity index (χ4v) is 2.39. The summed E-state index contributed by atoms with van der Waals surface area (Å²) in [6.45, 7) is 2.21. The van der Waals surface area contributed by atoms with Crippen LogP contribution in [0.1, 0.15) is 18.2 Å². The van der Waals surface area contributed by atoms with E-state index in [4.69, 9.17) is 0 Å². The van der Waals surface area contributed by atoms with E-state index in [1.54, 1.807) is 0 Å². The first-order valence-electron chi connectivity index (χ1n) is 4.48. The zero-order chi connectivity index (χ0) is 9.10. The Labute approximate surface area is 81.6 Å². The monoisotopic (exact) mass is 192 g/mol. The number of aryl methyl sites for hydroxylation is 1. The number of nitrogens with one attached hydrogen (secondary N) is 1. The number of thiophene rings is 1. The molecular weight excluding hydrogens is 180 g/mol. The fourth-order valence-electron chi connectivity index (χ4n) is 1.30. The van der Waals surface area contributed by atoms with Crippen molar-refractivity contribution < 1.29 is 0 Å². The van der Waals surface area contributed by atoms with Crippen LogP contribution < -0.4 is 0 Å². The van der Waals surface area contributed by atoms with Gasteiger partial charge in [-0.2, -0.15) is 5.10 Å². The highest BCUT2D eigenvalue weighted by Crippen LogP contribution is 2.27. The van der Waals surface area contributed by atoms with E-state index in [2.05, 4.69) is 29.3 Å². The molecule has 0 saturated carbocycles. The Balaban J connectivity index is 2.23. The van der Waals surface area contributed by atoms with Crippen molar-refractivity contribution >= 4 is 11.3 Å². The molecule has 68 valence electrons. The number of aromatic nitrogens is 2. The molecule has 0 aliphatic heterocycles. The summed E-state index contributed by atoms with van der Waals surface area (Å²) >= 11 is 1.86. The molecule has 0 radical (unpaired) electrons. The summed E-state index contributed by atoms with van der Waals surface area (Å²) in [5, 5.41) is 6.76. The van der Waals surface area contributed by atoms with Crippen molar-refractivity contribution in [1.29, 1.82) is 0 Å². The highest BCUT2D eigenvalue weighted by atomic mass is 32.1. The van der Waals surface area contributed by atoms with E-state index in [0.717, 1.165) is 0 Å². The van der Waals surface area contributed by atoms with Crippen LogP contribution in [0.15, 0.2) is 24.5 Å². The number of aromatic amines is 1. The number of hydrogen-bond donors (Lipinski definition) is 1. The van der Waals surface area contributed by atoms with Crippen molar-refractivity contribution in [2.45, 2.75) is 19.8 Å². The molecule has 0 bridgehead atoms. The minimum atomic E-state index is 1.18. The summed E-state index contributed by atoms with van der Waals surface area (Å²) in [4.78, 5) is 2.76. The van der Waals surface area contributed by atoms with Crippen LogP contribution in [0.25, 0.3) is 10.4 Å². The van der Waals surface area contributed by atoms with Gasteiger partial charge in [0.2, 0.25) is 0 Å². The summed E-state index contributed by atoms with van der Waals surface area (Å²) in [6, 6.07) is 4.37. The van der Waals surface area contributed by atoms with Crippen LogP contribution >= 0.6 is 11.3 Å². The summed E-state index contributed by atoms with van der Waals surface area (Å²) in [6.07, 6.45) is 6.19. The van der Waals surface area contributed by atoms with Gasteiger partial charge in [-0.05, 0) is 18.6 Å². The van der Waals surface area contributed by atoms with Crippen LogP contribution in [-0.4, -0.2) is 10.2 Å². The average molecular weight is 192 g/mol. The van der Waals surface area contributed by atoms with Gasteiger partial charge in [0.25, 0.3) is 0 Å². The fraction of sp³-hybridized carbons (Fsp3) is 0.300. The normalized spacial score (nSPS) is 10.5. The van der Waals surface area contributed by atoms with Gasteiger partial charge in [0.1, 0.15) is 0 Å². The molecule has 0 aliphatic carbocycles. The van der Waals surface area contributed by atoms with Crippen molar-refractivity contribution in [3.05, 3.63) is 29.4 Å². The molecule has 2 heterocycles. The summed E-state index contributed by atoms with van der Waals surface area (Å²) in [5.41, 5.74) is 1.19. The van der Waals surface area contributed by atoms with Crippen LogP contribution in [0.5, 0.6) is 0 Å². The van der Waals surface area contributed by atoms with E-state index < -0.39 is 0 Å². The Morgan fingerprint density at radius 3 is 3.08 bits per heavy atom. The van der Waals surface area contributed by atoms with Crippen molar-refractivity contribution in [2.75, 3.05) is 0 Å². The molecule has 0 saturated heterocycles. The summed E-state index contributed by atoms with van der Waals surface area (Å²) < 4.78 is 0. The predicted octanol–water partition coefficient (Wildman–Crippen LogP) is 3.09. The maximum Gasteiger partial charge on any atom is 0.0573 e. The molecule has 2 aromatic rings. The molecule has 1 N–H and O–H groups in total. The van der Waals surface area contributed by atoms with Crippen LogP contribution in [-0.2, 0) is 6.42 Å². The second-order valence-electron chi connectivity index (χ2n) is 3.00. The van der Waals surface area contributed by atoms with E-state index in [-0.39, 0.29) is 0 Å². The maximum atomic E-state index is 3.94. The predicted molar refractivity (Wildman–Crippen MR) is 55.9 cm³/mol. The Kier molecular flexibility index (Phi) is 2.45. The lowest BCUT2D eigenvalue weighted by molar-refractivity contribution is 0.940. The van der Waals surface area contributed by atoms with Gasteiger partial charge in [0, 0.05) is 21.5 Å². The Bertz CT molecular complexity index is 362. The number of nitrogens with zero attached hydrogens (tertiary/aromatic N) is 1. The molecule has 2 aromatic heterocycles. The quantitative estimate of drug-likeness (QED) is 0.795. The Hall–Kier alpha value is -1.09. The van der Waals surface area contributed by atoms with Crippen molar-refractivity contribution in [3.63, 3.8) is 0 Å². The van der Waals surface area contributed by atoms with Crippen molar-refractivity contribution in [3.8, 4) is 10.4 Å². The molecule has 3 heteroatoms. The standard InChI is InChI=1S/C10H12N2S/c1-2-3-9-4-5-10(13-9)8-6-11-12-7-8/h4-7H,2-3H2,1H3,(H,11,12). The molecule has 0 aliphatic rings. The van der Waals surface area contributed by atoms with Crippen LogP contribution in [0.2, 0.25) is 0 Å². The largest absolute Gasteiger partial charge is 0.285 e. The van der Waals surface area contributed by atoms with Gasteiger partial charge in [-0.25, -0.2) is 0 Å². The SMILES string of the molecule is CCCc1ccc(-c2cn[nH]c2)s1. The first-order chi connectivity index (χ1) is 6.40. The first kappa shape index (κ1) is 8.51. The smallest absolute Gasteiger partial charge is 0.0573 e. The van der Waals surface area contributed by atoms with E-state index in [0.29, 0.717) is 0 Å². The van der Waals surface area contributed by atoms with Gasteiger partial charge < -0.3 is 0 Å². The van der Waals surface area contributed by atoms with Crippen LogP contribution in [0, 0.1) is 0 Å². The number of hydrogen-bond acceptors (Lipinski definition) is 2. The Morgan fingerprint density at radius 1 is 1.46 bits per heavy atom. The third-order valence-corrected chi connectivity index (χ3v) is 3.13. The highest BCUT2D eigenvalue weighted by molar-refractivity contribution is 7.15. The molecule has 0 aromatic carbocycles. The van der Waals surface area contributed by atoms with E-state index in [1.165, 1.54) is 28.2 Å². The molecular formula is C10H12N2S. The van der Waals surface area contributed by atoms with Gasteiger partial charge >= 0.3 is 0 Å². The van der Waals surface area contributed by atoms with Crippen molar-refractivity contribution in [1.82, 2.24) is 10.2 Å². The minimum Gasteiger partial charge on any atom is -0.285 e. The first-order valence-corrected chi connectivity index (χ1v) is 5.29. The summed E-state index contributed by atoms with van der Waals surface area (Å²) in [7, 11) is 0. The second-order valence-corrected chi connectivity index (χ2v) is 4.17. The second kappa shape index (κ2) is 3.75. The molecule has 2 rings (SSSR count). The molecule has 0 unspecified atom stereocenters. The zero-order valence-corrected chi connectivity index (χ0v) is 8.40. The van der Waals surface area contributed by atoms with Crippen LogP contribution in [0.4, 0.5) is 0 Å². The maximum absolute atomic E-state index is 3.94. The van der Waals surface area contributed by atoms with E-state index in [1.807, 2.05) is 23.7 Å². The topological polar surface area (TPSA) is 28.7 Å². The zero-order valence-electron chi connectivity index (χ0n) is 7.58.